The van der Waals surface area contributed by atoms with Crippen LogP contribution in [0.3, 0.4) is 0 Å². The number of carboxylic acids is 1. The minimum atomic E-state index is -0.822. The van der Waals surface area contributed by atoms with Crippen LogP contribution in [0.15, 0.2) is 0 Å². The van der Waals surface area contributed by atoms with Gasteiger partial charge in [0.1, 0.15) is 0 Å². The van der Waals surface area contributed by atoms with Crippen molar-refractivity contribution < 1.29 is 9.90 Å². The monoisotopic (exact) mass is 148 g/mol. The molecule has 0 saturated carbocycles. The van der Waals surface area contributed by atoms with Crippen LogP contribution < -0.4 is 16.8 Å². The van der Waals surface area contributed by atoms with Gasteiger partial charge in [0.05, 0.1) is 6.54 Å². The van der Waals surface area contributed by atoms with Gasteiger partial charge in [-0.2, -0.15) is 0 Å². The Bertz CT molecular complexity index is 110. The second-order valence-corrected chi connectivity index (χ2v) is 1.38. The van der Waals surface area contributed by atoms with Gasteiger partial charge in [-0.3, -0.25) is 10.2 Å². The molecule has 0 aromatic carbocycles. The van der Waals surface area contributed by atoms with Crippen LogP contribution in [0.4, 0.5) is 0 Å². The molecule has 0 rings (SSSR count). The molecule has 0 atom stereocenters. The quantitative estimate of drug-likeness (QED) is 0.232. The van der Waals surface area contributed by atoms with E-state index in [4.69, 9.17) is 10.5 Å². The fourth-order valence-corrected chi connectivity index (χ4v) is 0.151. The van der Waals surface area contributed by atoms with E-state index in [1.807, 2.05) is 0 Å². The van der Waals surface area contributed by atoms with Gasteiger partial charge in [-0.05, 0) is 7.05 Å². The molecule has 0 aromatic rings. The number of likely N-dealkylation sites (N-methyl/N-ethyl adjacent to an activating group) is 1. The van der Waals surface area contributed by atoms with Crippen molar-refractivity contribution in [1.82, 2.24) is 5.32 Å². The fourth-order valence-electron chi connectivity index (χ4n) is 0.151. The zero-order valence-corrected chi connectivity index (χ0v) is 5.72. The van der Waals surface area contributed by atoms with Gasteiger partial charge in [-0.1, -0.05) is 0 Å². The molecule has 0 aliphatic rings. The normalized spacial score (nSPS) is 7.30. The largest absolute Gasteiger partial charge is 0.480 e. The topological polar surface area (TPSA) is 125 Å². The molecule has 0 unspecified atom stereocenters. The molecule has 7 N–H and O–H groups in total. The SMILES string of the molecule is CNCC(=O)O.N=C(N)N. The molecule has 0 fully saturated rings. The van der Waals surface area contributed by atoms with Gasteiger partial charge in [0.25, 0.3) is 0 Å². The Kier molecular flexibility index (Phi) is 8.85. The summed E-state index contributed by atoms with van der Waals surface area (Å²) in [7, 11) is 1.59. The van der Waals surface area contributed by atoms with E-state index in [1.54, 1.807) is 7.05 Å². The predicted molar refractivity (Wildman–Crippen MR) is 37.7 cm³/mol. The summed E-state index contributed by atoms with van der Waals surface area (Å²) >= 11 is 0. The molecule has 0 spiro atoms. The van der Waals surface area contributed by atoms with E-state index in [1.165, 1.54) is 0 Å². The van der Waals surface area contributed by atoms with Crippen molar-refractivity contribution in [3.63, 3.8) is 0 Å². The van der Waals surface area contributed by atoms with E-state index in [9.17, 15) is 4.79 Å². The van der Waals surface area contributed by atoms with Crippen LogP contribution >= 0.6 is 0 Å². The lowest BCUT2D eigenvalue weighted by atomic mass is 10.7. The minimum absolute atomic E-state index is 0.0417. The molecule has 0 aliphatic heterocycles. The first-order valence-electron chi connectivity index (χ1n) is 2.46. The summed E-state index contributed by atoms with van der Waals surface area (Å²) in [6.07, 6.45) is 0. The highest BCUT2D eigenvalue weighted by molar-refractivity contribution is 5.71. The maximum Gasteiger partial charge on any atom is 0.317 e. The van der Waals surface area contributed by atoms with Crippen LogP contribution in [0.1, 0.15) is 0 Å². The summed E-state index contributed by atoms with van der Waals surface area (Å²) < 4.78 is 0. The Morgan fingerprint density at radius 3 is 2.00 bits per heavy atom. The third-order valence-electron chi connectivity index (χ3n) is 0.328. The average molecular weight is 148 g/mol. The Morgan fingerprint density at radius 1 is 1.70 bits per heavy atom. The zero-order valence-electron chi connectivity index (χ0n) is 5.72. The lowest BCUT2D eigenvalue weighted by Crippen LogP contribution is -2.20. The van der Waals surface area contributed by atoms with Gasteiger partial charge in [0, 0.05) is 0 Å². The first-order valence-corrected chi connectivity index (χ1v) is 2.46. The van der Waals surface area contributed by atoms with Crippen molar-refractivity contribution >= 4 is 11.9 Å². The summed E-state index contributed by atoms with van der Waals surface area (Å²) in [5.41, 5.74) is 8.94. The molecule has 10 heavy (non-hydrogen) atoms. The molecule has 60 valence electrons. The number of nitrogens with two attached hydrogens (primary N) is 2. The van der Waals surface area contributed by atoms with Crippen molar-refractivity contribution in [2.75, 3.05) is 13.6 Å². The number of rotatable bonds is 2. The van der Waals surface area contributed by atoms with Crippen molar-refractivity contribution in [2.24, 2.45) is 11.5 Å². The lowest BCUT2D eigenvalue weighted by molar-refractivity contribution is -0.135. The Balaban J connectivity index is 0. The van der Waals surface area contributed by atoms with Crippen LogP contribution in [-0.4, -0.2) is 30.6 Å². The molecular weight excluding hydrogens is 136 g/mol. The van der Waals surface area contributed by atoms with Crippen molar-refractivity contribution in [3.05, 3.63) is 0 Å². The summed E-state index contributed by atoms with van der Waals surface area (Å²) in [6, 6.07) is 0. The average Bonchev–Trinajstić information content (AvgIpc) is 1.62. The maximum absolute atomic E-state index is 9.54. The molecule has 0 heterocycles. The molecule has 0 radical (unpaired) electrons. The standard InChI is InChI=1S/C3H7NO2.CH5N3/c1-4-2-3(5)6;2-1(3)4/h4H,2H2,1H3,(H,5,6);(H5,2,3,4). The Labute approximate surface area is 58.7 Å². The van der Waals surface area contributed by atoms with Gasteiger partial charge in [-0.15, -0.1) is 0 Å². The molecule has 0 aliphatic carbocycles. The van der Waals surface area contributed by atoms with Gasteiger partial charge in [0.2, 0.25) is 0 Å². The molecule has 0 saturated heterocycles. The van der Waals surface area contributed by atoms with Crippen molar-refractivity contribution in [3.8, 4) is 0 Å². The number of guanidine groups is 1. The lowest BCUT2D eigenvalue weighted by Gasteiger charge is -1.84. The number of nitrogens with one attached hydrogen (secondary N) is 2. The van der Waals surface area contributed by atoms with E-state index in [-0.39, 0.29) is 12.5 Å². The number of hydrogen-bond acceptors (Lipinski definition) is 3. The van der Waals surface area contributed by atoms with Crippen molar-refractivity contribution in [2.45, 2.75) is 0 Å². The van der Waals surface area contributed by atoms with E-state index in [0.29, 0.717) is 0 Å². The zero-order chi connectivity index (χ0) is 8.57. The highest BCUT2D eigenvalue weighted by Gasteiger charge is 1.86. The molecule has 6 heteroatoms. The first kappa shape index (κ1) is 11.5. The molecule has 6 nitrogen and oxygen atoms in total. The van der Waals surface area contributed by atoms with E-state index < -0.39 is 5.97 Å². The fraction of sp³-hybridized carbons (Fsp3) is 0.500. The third kappa shape index (κ3) is 75.3. The van der Waals surface area contributed by atoms with Gasteiger partial charge >= 0.3 is 5.97 Å². The highest BCUT2D eigenvalue weighted by Crippen LogP contribution is 1.50. The number of aliphatic carboxylic acids is 1. The second kappa shape index (κ2) is 7.70. The predicted octanol–water partition coefficient (Wildman–Crippen LogP) is -1.87. The summed E-state index contributed by atoms with van der Waals surface area (Å²) in [5.74, 6) is -1.16. The van der Waals surface area contributed by atoms with Crippen LogP contribution in [0.25, 0.3) is 0 Å². The van der Waals surface area contributed by atoms with E-state index in [0.717, 1.165) is 0 Å². The van der Waals surface area contributed by atoms with Crippen molar-refractivity contribution in [1.29, 1.82) is 5.41 Å². The maximum atomic E-state index is 9.54. The summed E-state index contributed by atoms with van der Waals surface area (Å²) in [6.45, 7) is 0.0417. The second-order valence-electron chi connectivity index (χ2n) is 1.38. The Hall–Kier alpha value is -1.30. The number of hydrogen-bond donors (Lipinski definition) is 5. The van der Waals surface area contributed by atoms with Crippen LogP contribution in [0, 0.1) is 5.41 Å². The molecule has 0 amide bonds. The first-order chi connectivity index (χ1) is 4.50. The summed E-state index contributed by atoms with van der Waals surface area (Å²) in [5, 5.41) is 16.4. The third-order valence-corrected chi connectivity index (χ3v) is 0.328. The number of carbonyl (C=O) groups is 1. The minimum Gasteiger partial charge on any atom is -0.480 e. The molecular formula is C4H12N4O2. The smallest absolute Gasteiger partial charge is 0.317 e. The molecule has 0 aromatic heterocycles. The van der Waals surface area contributed by atoms with Gasteiger partial charge in [0.15, 0.2) is 5.96 Å². The molecule has 0 bridgehead atoms. The summed E-state index contributed by atoms with van der Waals surface area (Å²) in [4.78, 5) is 9.54. The number of carboxylic acid groups (broad SMARTS) is 1. The van der Waals surface area contributed by atoms with Gasteiger partial charge in [-0.25, -0.2) is 0 Å². The van der Waals surface area contributed by atoms with E-state index >= 15 is 0 Å². The Morgan fingerprint density at radius 2 is 2.00 bits per heavy atom. The van der Waals surface area contributed by atoms with Crippen LogP contribution in [0.5, 0.6) is 0 Å². The van der Waals surface area contributed by atoms with E-state index in [2.05, 4.69) is 16.8 Å². The van der Waals surface area contributed by atoms with Crippen LogP contribution in [-0.2, 0) is 4.79 Å². The van der Waals surface area contributed by atoms with Crippen LogP contribution in [0.2, 0.25) is 0 Å². The van der Waals surface area contributed by atoms with Gasteiger partial charge < -0.3 is 21.9 Å². The highest BCUT2D eigenvalue weighted by atomic mass is 16.4.